The predicted molar refractivity (Wildman–Crippen MR) is 273 cm³/mol. The third kappa shape index (κ3) is 39.8. The molecule has 0 bridgehead atoms. The topological polar surface area (TPSA) is 187 Å². The van der Waals surface area contributed by atoms with Gasteiger partial charge in [-0.3, -0.25) is 28.8 Å². The van der Waals surface area contributed by atoms with Crippen LogP contribution in [0.25, 0.3) is 0 Å². The second kappa shape index (κ2) is 48.9. The second-order valence-electron chi connectivity index (χ2n) is 18.5. The van der Waals surface area contributed by atoms with Crippen LogP contribution in [0, 0.1) is 33.6 Å². The number of carbonyl (C=O) groups is 7. The van der Waals surface area contributed by atoms with E-state index in [2.05, 4.69) is 34.6 Å². The van der Waals surface area contributed by atoms with Crippen LogP contribution < -0.4 is 18.9 Å². The molecular formula is C55H98LiNO14-2. The van der Waals surface area contributed by atoms with Gasteiger partial charge < -0.3 is 59.8 Å². The monoisotopic (exact) mass is 1000 g/mol. The summed E-state index contributed by atoms with van der Waals surface area (Å²) in [4.78, 5) is 93.2. The Morgan fingerprint density at radius 1 is 0.394 bits per heavy atom. The van der Waals surface area contributed by atoms with Gasteiger partial charge in [-0.05, 0) is 44.1 Å². The van der Waals surface area contributed by atoms with Gasteiger partial charge in [-0.2, -0.15) is 0 Å². The smallest absolute Gasteiger partial charge is 0.483 e. The van der Waals surface area contributed by atoms with Gasteiger partial charge >= 0.3 is 60.8 Å². The minimum absolute atomic E-state index is 0. The molecule has 0 aliphatic carbocycles. The summed E-state index contributed by atoms with van der Waals surface area (Å²) in [6.07, 6.45) is 19.8. The quantitative estimate of drug-likeness (QED) is 0.0185. The molecule has 0 aromatic rings. The number of nitrogens with zero attached hydrogens (tertiary/aromatic N) is 1. The van der Waals surface area contributed by atoms with Crippen LogP contribution in [0.1, 0.15) is 220 Å². The van der Waals surface area contributed by atoms with E-state index in [1.54, 1.807) is 0 Å². The molecule has 1 fully saturated rings. The first-order valence-electron chi connectivity index (χ1n) is 26.7. The van der Waals surface area contributed by atoms with E-state index in [1.165, 1.54) is 4.90 Å². The first kappa shape index (κ1) is 71.9. The first-order chi connectivity index (χ1) is 32.9. The Morgan fingerprint density at radius 3 is 0.887 bits per heavy atom. The predicted octanol–water partition coefficient (Wildman–Crippen LogP) is 9.19. The third-order valence-corrected chi connectivity index (χ3v) is 12.0. The zero-order chi connectivity index (χ0) is 50.0. The molecule has 15 nitrogen and oxygen atoms in total. The van der Waals surface area contributed by atoms with Crippen LogP contribution in [-0.2, 0) is 61.9 Å². The summed E-state index contributed by atoms with van der Waals surface area (Å²) in [5, 5.41) is 0. The number of amides is 1. The van der Waals surface area contributed by atoms with E-state index in [0.29, 0.717) is 25.7 Å². The Hall–Kier alpha value is -3.31. The van der Waals surface area contributed by atoms with E-state index in [9.17, 15) is 33.6 Å². The van der Waals surface area contributed by atoms with E-state index in [1.807, 2.05) is 0 Å². The van der Waals surface area contributed by atoms with Crippen molar-refractivity contribution >= 4 is 41.9 Å². The molecule has 1 amide bonds. The van der Waals surface area contributed by atoms with E-state index >= 15 is 0 Å². The summed E-state index contributed by atoms with van der Waals surface area (Å²) < 4.78 is 38.7. The van der Waals surface area contributed by atoms with Crippen molar-refractivity contribution in [3.05, 3.63) is 21.8 Å². The molecule has 1 saturated heterocycles. The van der Waals surface area contributed by atoms with Gasteiger partial charge in [-0.25, -0.2) is 4.79 Å². The van der Waals surface area contributed by atoms with Gasteiger partial charge in [0, 0.05) is 38.5 Å². The molecule has 0 N–H and O–H groups in total. The summed E-state index contributed by atoms with van der Waals surface area (Å²) in [6, 6.07) is 0. The zero-order valence-electron chi connectivity index (χ0n) is 45.8. The number of unbranched alkanes of at least 4 members (excludes halogenated alkanes) is 20. The van der Waals surface area contributed by atoms with Crippen molar-refractivity contribution in [1.82, 2.24) is 4.90 Å². The molecule has 0 radical (unpaired) electrons. The fourth-order valence-corrected chi connectivity index (χ4v) is 8.09. The number of rotatable bonds is 43. The average Bonchev–Trinajstić information content (AvgIpc) is 3.68. The largest absolute Gasteiger partial charge is 1.00 e. The van der Waals surface area contributed by atoms with Crippen molar-refractivity contribution in [3.8, 4) is 0 Å². The molecule has 71 heavy (non-hydrogen) atoms. The van der Waals surface area contributed by atoms with Gasteiger partial charge in [0.2, 0.25) is 0 Å². The molecule has 16 heteroatoms. The van der Waals surface area contributed by atoms with Crippen LogP contribution in [-0.4, -0.2) is 105 Å². The molecule has 1 rings (SSSR count). The van der Waals surface area contributed by atoms with E-state index in [4.69, 9.17) is 33.2 Å². The number of carbonyl (C=O) groups excluding carboxylic acids is 7. The first-order valence-corrected chi connectivity index (χ1v) is 26.7. The van der Waals surface area contributed by atoms with Crippen LogP contribution in [0.4, 0.5) is 4.79 Å². The minimum atomic E-state index is -1.13. The van der Waals surface area contributed by atoms with Gasteiger partial charge in [0.15, 0.2) is 12.2 Å². The summed E-state index contributed by atoms with van der Waals surface area (Å²) >= 11 is 0. The number of hydrogen-bond donors (Lipinski definition) is 0. The van der Waals surface area contributed by atoms with Gasteiger partial charge in [0.25, 0.3) is 0 Å². The van der Waals surface area contributed by atoms with Crippen molar-refractivity contribution in [2.45, 2.75) is 233 Å². The van der Waals surface area contributed by atoms with Gasteiger partial charge in [0.05, 0.1) is 39.5 Å². The molecule has 0 aromatic carbocycles. The summed E-state index contributed by atoms with van der Waals surface area (Å²) in [6.45, 7) is 12.6. The van der Waals surface area contributed by atoms with Crippen LogP contribution in [0.3, 0.4) is 0 Å². The summed E-state index contributed by atoms with van der Waals surface area (Å²) in [5.74, 6) is -5.31. The standard InChI is InChI=1S/C53H92NO14.2CH3.Li/c1-6-11-15-19-23-27-31-63-47(55)35-43(36-48(56)64-32-28-24-20-16-12-7-2)39-51(59)67-45-41-54(53(61)62-10-5)42-46(45)68-52(60)40-44(37-49(57)65-33-29-25-21-17-13-8-3)38-50(58)66-34-30-26-22-18-14-9-4;;;/h43-46H,5-42H2,1-4H3;2*1H3;/q3*-1;+1/t45-,46+;;;. The Balaban J connectivity index is -0.0000154. The fraction of sp³-hybridized carbons (Fsp3) is 0.818. The Labute approximate surface area is 442 Å². The molecule has 0 aromatic heterocycles. The van der Waals surface area contributed by atoms with Gasteiger partial charge in [0.1, 0.15) is 0 Å². The van der Waals surface area contributed by atoms with Crippen molar-refractivity contribution < 1.29 is 85.6 Å². The molecular weight excluding hydrogens is 906 g/mol. The minimum Gasteiger partial charge on any atom is -0.483 e. The van der Waals surface area contributed by atoms with Gasteiger partial charge in [-0.15, -0.1) is 0 Å². The maximum Gasteiger partial charge on any atom is 1.00 e. The van der Waals surface area contributed by atoms with E-state index in [-0.39, 0.29) is 118 Å². The zero-order valence-corrected chi connectivity index (χ0v) is 45.8. The Kier molecular flexibility index (Phi) is 49.6. The maximum absolute atomic E-state index is 13.6. The third-order valence-electron chi connectivity index (χ3n) is 12.0. The van der Waals surface area contributed by atoms with Gasteiger partial charge in [-0.1, -0.05) is 156 Å². The SMILES string of the molecule is [CH2-]COC(=O)N1C[C@H](OC(=O)CC(CC(=O)OCCCCCCCC)CC(=O)OCCCCCCCC)[C@H](OC(=O)CC(CC(=O)OCCCCCCCC)CC(=O)OCCCCCCCC)C1.[CH3-].[CH3-].[Li+]. The molecule has 0 spiro atoms. The molecule has 1 aliphatic rings. The number of hydrogen-bond acceptors (Lipinski definition) is 14. The molecule has 410 valence electrons. The van der Waals surface area contributed by atoms with Crippen molar-refractivity contribution in [2.24, 2.45) is 11.8 Å². The molecule has 0 unspecified atom stereocenters. The van der Waals surface area contributed by atoms with Crippen molar-refractivity contribution in [1.29, 1.82) is 0 Å². The van der Waals surface area contributed by atoms with Crippen LogP contribution in [0.2, 0.25) is 0 Å². The number of esters is 6. The molecule has 0 saturated carbocycles. The molecule has 1 heterocycles. The Morgan fingerprint density at radius 2 is 0.634 bits per heavy atom. The molecule has 2 atom stereocenters. The Bertz CT molecular complexity index is 1230. The summed E-state index contributed by atoms with van der Waals surface area (Å²) in [5.41, 5.74) is 0. The maximum atomic E-state index is 13.6. The van der Waals surface area contributed by atoms with Crippen LogP contribution >= 0.6 is 0 Å². The molecule has 1 aliphatic heterocycles. The van der Waals surface area contributed by atoms with Crippen LogP contribution in [0.5, 0.6) is 0 Å². The number of likely N-dealkylation sites (tertiary alicyclic amines) is 1. The number of ether oxygens (including phenoxy) is 7. The fourth-order valence-electron chi connectivity index (χ4n) is 8.09. The van der Waals surface area contributed by atoms with Crippen LogP contribution in [0.15, 0.2) is 0 Å². The van der Waals surface area contributed by atoms with E-state index in [0.717, 1.165) is 128 Å². The average molecular weight is 1000 g/mol. The second-order valence-corrected chi connectivity index (χ2v) is 18.5. The normalized spacial score (nSPS) is 13.9. The summed E-state index contributed by atoms with van der Waals surface area (Å²) in [7, 11) is 0. The van der Waals surface area contributed by atoms with E-state index < -0.39 is 66.0 Å². The van der Waals surface area contributed by atoms with Crippen molar-refractivity contribution in [3.63, 3.8) is 0 Å². The van der Waals surface area contributed by atoms with Crippen molar-refractivity contribution in [2.75, 3.05) is 46.1 Å².